The highest BCUT2D eigenvalue weighted by Crippen LogP contribution is 2.19. The first kappa shape index (κ1) is 16.6. The molecule has 0 N–H and O–H groups in total. The van der Waals surface area contributed by atoms with Crippen molar-refractivity contribution in [2.75, 3.05) is 13.2 Å². The topological polar surface area (TPSA) is 48.0 Å². The number of hydrogen-bond donors (Lipinski definition) is 0. The Bertz CT molecular complexity index is 614. The minimum Gasteiger partial charge on any atom is -0.348 e. The van der Waals surface area contributed by atoms with Crippen LogP contribution in [0.15, 0.2) is 60.7 Å². The summed E-state index contributed by atoms with van der Waals surface area (Å²) in [5.41, 5.74) is 2.09. The molecule has 0 radical (unpaired) electrons. The van der Waals surface area contributed by atoms with Gasteiger partial charge in [0.05, 0.1) is 13.2 Å². The third kappa shape index (κ3) is 4.41. The molecule has 1 aliphatic heterocycles. The van der Waals surface area contributed by atoms with Gasteiger partial charge in [0.1, 0.15) is 12.6 Å². The maximum atomic E-state index is 11.6. The maximum absolute atomic E-state index is 11.6. The molecule has 1 aliphatic rings. The van der Waals surface area contributed by atoms with E-state index in [9.17, 15) is 4.79 Å². The summed E-state index contributed by atoms with van der Waals surface area (Å²) in [5.74, 6) is 0. The first-order valence-electron chi connectivity index (χ1n) is 8.04. The number of carbonyl (C=O) groups excluding carboxylic acids is 1. The van der Waals surface area contributed by atoms with Crippen molar-refractivity contribution in [3.8, 4) is 0 Å². The molecule has 0 aliphatic carbocycles. The van der Waals surface area contributed by atoms with Gasteiger partial charge in [-0.05, 0) is 11.1 Å². The van der Waals surface area contributed by atoms with Crippen molar-refractivity contribution in [1.29, 1.82) is 0 Å². The molecule has 2 aromatic rings. The first-order chi connectivity index (χ1) is 11.9. The highest BCUT2D eigenvalue weighted by atomic mass is 16.7. The van der Waals surface area contributed by atoms with Gasteiger partial charge in [-0.2, -0.15) is 0 Å². The molecule has 0 spiro atoms. The van der Waals surface area contributed by atoms with Gasteiger partial charge in [0, 0.05) is 6.42 Å². The third-order valence-corrected chi connectivity index (χ3v) is 3.90. The Morgan fingerprint density at radius 1 is 1.00 bits per heavy atom. The van der Waals surface area contributed by atoms with Gasteiger partial charge in [-0.15, -0.1) is 0 Å². The van der Waals surface area contributed by atoms with E-state index in [1.165, 1.54) is 5.06 Å². The zero-order chi connectivity index (χ0) is 16.6. The van der Waals surface area contributed by atoms with Crippen LogP contribution >= 0.6 is 0 Å². The molecule has 5 nitrogen and oxygen atoms in total. The lowest BCUT2D eigenvalue weighted by Crippen LogP contribution is -2.45. The lowest BCUT2D eigenvalue weighted by atomic mass is 10.1. The van der Waals surface area contributed by atoms with Gasteiger partial charge >= 0.3 is 0 Å². The van der Waals surface area contributed by atoms with Crippen LogP contribution in [0, 0.1) is 0 Å². The molecule has 1 unspecified atom stereocenters. The maximum Gasteiger partial charge on any atom is 0.233 e. The summed E-state index contributed by atoms with van der Waals surface area (Å²) in [6.07, 6.45) is 0.812. The molecule has 5 heteroatoms. The van der Waals surface area contributed by atoms with Gasteiger partial charge in [-0.3, -0.25) is 9.63 Å². The Hall–Kier alpha value is -2.21. The predicted octanol–water partition coefficient (Wildman–Crippen LogP) is 2.56. The minimum absolute atomic E-state index is 0.317. The van der Waals surface area contributed by atoms with Crippen LogP contribution in [0.3, 0.4) is 0 Å². The number of amides is 1. The van der Waals surface area contributed by atoms with Crippen molar-refractivity contribution >= 4 is 6.41 Å². The fraction of sp³-hybridized carbons (Fsp3) is 0.316. The van der Waals surface area contributed by atoms with E-state index in [1.807, 2.05) is 60.7 Å². The van der Waals surface area contributed by atoms with Crippen LogP contribution in [0.1, 0.15) is 11.1 Å². The Morgan fingerprint density at radius 3 is 2.17 bits per heavy atom. The predicted molar refractivity (Wildman–Crippen MR) is 88.8 cm³/mol. The SMILES string of the molecule is O=CN(OCc1ccccc1)C(Cc1ccccc1)C1OCCO1. The number of benzene rings is 2. The summed E-state index contributed by atoms with van der Waals surface area (Å²) >= 11 is 0. The number of rotatable bonds is 8. The van der Waals surface area contributed by atoms with E-state index in [-0.39, 0.29) is 6.04 Å². The van der Waals surface area contributed by atoms with Crippen LogP contribution < -0.4 is 0 Å². The van der Waals surface area contributed by atoms with Crippen LogP contribution in [-0.2, 0) is 32.1 Å². The van der Waals surface area contributed by atoms with Crippen LogP contribution in [0.4, 0.5) is 0 Å². The Kier molecular flexibility index (Phi) is 5.96. The summed E-state index contributed by atoms with van der Waals surface area (Å²) < 4.78 is 11.2. The van der Waals surface area contributed by atoms with E-state index >= 15 is 0 Å². The van der Waals surface area contributed by atoms with Gasteiger partial charge in [0.15, 0.2) is 6.29 Å². The fourth-order valence-corrected chi connectivity index (χ4v) is 2.69. The Balaban J connectivity index is 1.70. The lowest BCUT2D eigenvalue weighted by Gasteiger charge is -2.30. The standard InChI is InChI=1S/C19H21NO4/c21-15-20(24-14-17-9-5-2-6-10-17)18(19-22-11-12-23-19)13-16-7-3-1-4-8-16/h1-10,15,18-19H,11-14H2. The molecule has 1 heterocycles. The third-order valence-electron chi connectivity index (χ3n) is 3.90. The highest BCUT2D eigenvalue weighted by Gasteiger charge is 2.32. The lowest BCUT2D eigenvalue weighted by molar-refractivity contribution is -0.226. The van der Waals surface area contributed by atoms with Gasteiger partial charge in [0.2, 0.25) is 6.41 Å². The van der Waals surface area contributed by atoms with Crippen LogP contribution in [0.5, 0.6) is 0 Å². The van der Waals surface area contributed by atoms with Crippen molar-refractivity contribution in [2.45, 2.75) is 25.4 Å². The normalized spacial score (nSPS) is 16.0. The highest BCUT2D eigenvalue weighted by molar-refractivity contribution is 5.46. The Morgan fingerprint density at radius 2 is 1.58 bits per heavy atom. The van der Waals surface area contributed by atoms with Crippen LogP contribution in [0.2, 0.25) is 0 Å². The van der Waals surface area contributed by atoms with E-state index < -0.39 is 6.29 Å². The molecule has 126 valence electrons. The molecule has 2 aromatic carbocycles. The van der Waals surface area contributed by atoms with Crippen molar-refractivity contribution in [3.63, 3.8) is 0 Å². The van der Waals surface area contributed by atoms with Crippen molar-refractivity contribution in [2.24, 2.45) is 0 Å². The second kappa shape index (κ2) is 8.59. The molecule has 1 amide bonds. The first-order valence-corrected chi connectivity index (χ1v) is 8.04. The van der Waals surface area contributed by atoms with E-state index in [1.54, 1.807) is 0 Å². The van der Waals surface area contributed by atoms with Gasteiger partial charge < -0.3 is 9.47 Å². The fourth-order valence-electron chi connectivity index (χ4n) is 2.69. The molecule has 3 rings (SSSR count). The molecule has 24 heavy (non-hydrogen) atoms. The number of nitrogens with zero attached hydrogens (tertiary/aromatic N) is 1. The van der Waals surface area contributed by atoms with E-state index in [0.29, 0.717) is 32.7 Å². The van der Waals surface area contributed by atoms with Crippen LogP contribution in [0.25, 0.3) is 0 Å². The molecular formula is C19H21NO4. The molecule has 0 bridgehead atoms. The molecule has 1 fully saturated rings. The second-order valence-electron chi connectivity index (χ2n) is 5.59. The minimum atomic E-state index is -0.480. The summed E-state index contributed by atoms with van der Waals surface area (Å²) in [7, 11) is 0. The number of hydrogen-bond acceptors (Lipinski definition) is 4. The number of ether oxygens (including phenoxy) is 2. The van der Waals surface area contributed by atoms with Crippen molar-refractivity contribution < 1.29 is 19.1 Å². The monoisotopic (exact) mass is 327 g/mol. The Labute approximate surface area is 141 Å². The average molecular weight is 327 g/mol. The summed E-state index contributed by atoms with van der Waals surface area (Å²) in [4.78, 5) is 17.3. The molecule has 0 aromatic heterocycles. The number of carbonyl (C=O) groups is 1. The summed E-state index contributed by atoms with van der Waals surface area (Å²) in [6.45, 7) is 1.38. The molecule has 0 saturated carbocycles. The average Bonchev–Trinajstić information content (AvgIpc) is 3.17. The van der Waals surface area contributed by atoms with E-state index in [4.69, 9.17) is 14.3 Å². The second-order valence-corrected chi connectivity index (χ2v) is 5.59. The summed E-state index contributed by atoms with van der Waals surface area (Å²) in [6, 6.07) is 19.3. The van der Waals surface area contributed by atoms with E-state index in [0.717, 1.165) is 11.1 Å². The molecular weight excluding hydrogens is 306 g/mol. The van der Waals surface area contributed by atoms with Crippen molar-refractivity contribution in [1.82, 2.24) is 5.06 Å². The van der Waals surface area contributed by atoms with Crippen LogP contribution in [-0.4, -0.2) is 37.0 Å². The summed E-state index contributed by atoms with van der Waals surface area (Å²) in [5, 5.41) is 1.32. The number of hydroxylamine groups is 2. The largest absolute Gasteiger partial charge is 0.348 e. The smallest absolute Gasteiger partial charge is 0.233 e. The van der Waals surface area contributed by atoms with Gasteiger partial charge in [-0.1, -0.05) is 60.7 Å². The van der Waals surface area contributed by atoms with Gasteiger partial charge in [0.25, 0.3) is 0 Å². The molecule has 1 atom stereocenters. The quantitative estimate of drug-likeness (QED) is 0.552. The van der Waals surface area contributed by atoms with Crippen molar-refractivity contribution in [3.05, 3.63) is 71.8 Å². The van der Waals surface area contributed by atoms with E-state index in [2.05, 4.69) is 0 Å². The molecule has 1 saturated heterocycles. The zero-order valence-electron chi connectivity index (χ0n) is 13.4. The zero-order valence-corrected chi connectivity index (χ0v) is 13.4. The van der Waals surface area contributed by atoms with Gasteiger partial charge in [-0.25, -0.2) is 5.06 Å².